The number of furan rings is 1. The SMILES string of the molecule is CC(C)c1cc2ccccc2c2c1oc1c(N(c3ccc(-c4ccc5cc(-c6ccc7ccccc7c6)ccc5c4)cc3)c3ccccc3-c3ccccc3)cccc12. The average Bonchev–Trinajstić information content (AvgIpc) is 3.70. The number of nitrogens with zero attached hydrogens (tertiary/aromatic N) is 1. The fraction of sp³-hybridized carbons (Fsp3) is 0.0526. The molecule has 280 valence electrons. The van der Waals surface area contributed by atoms with Crippen molar-refractivity contribution in [1.29, 1.82) is 0 Å². The smallest absolute Gasteiger partial charge is 0.159 e. The zero-order chi connectivity index (χ0) is 39.5. The third kappa shape index (κ3) is 6.04. The fourth-order valence-corrected chi connectivity index (χ4v) is 8.98. The Kier molecular flexibility index (Phi) is 8.37. The second kappa shape index (κ2) is 14.2. The van der Waals surface area contributed by atoms with Crippen molar-refractivity contribution in [2.45, 2.75) is 19.8 Å². The summed E-state index contributed by atoms with van der Waals surface area (Å²) < 4.78 is 7.10. The Labute approximate surface area is 344 Å². The van der Waals surface area contributed by atoms with E-state index in [1.54, 1.807) is 0 Å². The van der Waals surface area contributed by atoms with E-state index in [4.69, 9.17) is 4.42 Å². The summed E-state index contributed by atoms with van der Waals surface area (Å²) in [6, 6.07) is 74.8. The Bertz CT molecular complexity index is 3360. The van der Waals surface area contributed by atoms with Gasteiger partial charge in [-0.1, -0.05) is 172 Å². The highest BCUT2D eigenvalue weighted by Gasteiger charge is 2.24. The van der Waals surface area contributed by atoms with Crippen LogP contribution in [0.5, 0.6) is 0 Å². The first-order chi connectivity index (χ1) is 29.1. The molecule has 0 aliphatic carbocycles. The van der Waals surface area contributed by atoms with Gasteiger partial charge in [0.15, 0.2) is 5.58 Å². The van der Waals surface area contributed by atoms with Crippen LogP contribution in [-0.2, 0) is 0 Å². The van der Waals surface area contributed by atoms with E-state index in [-0.39, 0.29) is 0 Å². The molecule has 0 bridgehead atoms. The summed E-state index contributed by atoms with van der Waals surface area (Å²) in [6.45, 7) is 4.50. The van der Waals surface area contributed by atoms with E-state index in [1.165, 1.54) is 65.5 Å². The monoisotopic (exact) mass is 755 g/mol. The number of fused-ring (bicyclic) bond motifs is 7. The van der Waals surface area contributed by atoms with Gasteiger partial charge in [0, 0.05) is 22.0 Å². The second-order valence-corrected chi connectivity index (χ2v) is 15.9. The lowest BCUT2D eigenvalue weighted by atomic mass is 9.94. The average molecular weight is 756 g/mol. The Hall–Kier alpha value is -7.42. The summed E-state index contributed by atoms with van der Waals surface area (Å²) in [5.41, 5.74) is 13.3. The number of rotatable bonds is 7. The third-order valence-corrected chi connectivity index (χ3v) is 12.0. The van der Waals surface area contributed by atoms with Crippen molar-refractivity contribution in [1.82, 2.24) is 0 Å². The van der Waals surface area contributed by atoms with Gasteiger partial charge in [0.05, 0.1) is 11.4 Å². The number of para-hydroxylation sites is 2. The van der Waals surface area contributed by atoms with E-state index in [0.29, 0.717) is 5.92 Å². The predicted octanol–water partition coefficient (Wildman–Crippen LogP) is 16.6. The maximum Gasteiger partial charge on any atom is 0.159 e. The molecular weight excluding hydrogens is 715 g/mol. The summed E-state index contributed by atoms with van der Waals surface area (Å²) in [6.07, 6.45) is 0. The summed E-state index contributed by atoms with van der Waals surface area (Å²) in [7, 11) is 0. The van der Waals surface area contributed by atoms with Crippen LogP contribution in [0.1, 0.15) is 25.3 Å². The van der Waals surface area contributed by atoms with Crippen LogP contribution in [0.3, 0.4) is 0 Å². The molecule has 0 amide bonds. The van der Waals surface area contributed by atoms with Crippen LogP contribution in [-0.4, -0.2) is 0 Å². The molecule has 0 N–H and O–H groups in total. The minimum absolute atomic E-state index is 0.301. The van der Waals surface area contributed by atoms with E-state index >= 15 is 0 Å². The van der Waals surface area contributed by atoms with Crippen molar-refractivity contribution in [3.63, 3.8) is 0 Å². The number of benzene rings is 10. The van der Waals surface area contributed by atoms with Gasteiger partial charge in [-0.3, -0.25) is 0 Å². The summed E-state index contributed by atoms with van der Waals surface area (Å²) >= 11 is 0. The molecule has 2 nitrogen and oxygen atoms in total. The molecule has 0 spiro atoms. The highest BCUT2D eigenvalue weighted by molar-refractivity contribution is 6.22. The molecule has 0 unspecified atom stereocenters. The highest BCUT2D eigenvalue weighted by Crippen LogP contribution is 2.48. The zero-order valence-electron chi connectivity index (χ0n) is 33.1. The van der Waals surface area contributed by atoms with Gasteiger partial charge in [-0.2, -0.15) is 0 Å². The topological polar surface area (TPSA) is 16.4 Å². The van der Waals surface area contributed by atoms with Crippen molar-refractivity contribution in [2.24, 2.45) is 0 Å². The van der Waals surface area contributed by atoms with E-state index in [0.717, 1.165) is 44.7 Å². The van der Waals surface area contributed by atoms with Gasteiger partial charge in [0.25, 0.3) is 0 Å². The van der Waals surface area contributed by atoms with Crippen LogP contribution < -0.4 is 4.90 Å². The molecule has 0 aliphatic rings. The van der Waals surface area contributed by atoms with Gasteiger partial charge in [-0.15, -0.1) is 0 Å². The normalized spacial score (nSPS) is 11.7. The van der Waals surface area contributed by atoms with Crippen molar-refractivity contribution >= 4 is 71.3 Å². The summed E-state index contributed by atoms with van der Waals surface area (Å²) in [5.74, 6) is 0.301. The standard InChI is InChI=1S/C57H41NO/c1-37(2)52-36-47-17-8-9-19-50(47)55-51-20-12-22-54(56(51)59-57(52)55)58(53-21-11-10-18-49(53)40-14-4-3-5-15-40)48-31-29-39(30-32-48)42-25-26-45-35-46(28-27-44(45)34-42)43-24-23-38-13-6-7-16-41(38)33-43/h3-37H,1-2H3. The third-order valence-electron chi connectivity index (χ3n) is 12.0. The molecule has 1 heterocycles. The van der Waals surface area contributed by atoms with Crippen LogP contribution in [0, 0.1) is 0 Å². The van der Waals surface area contributed by atoms with Gasteiger partial charge in [0.2, 0.25) is 0 Å². The lowest BCUT2D eigenvalue weighted by Crippen LogP contribution is -2.11. The molecule has 0 radical (unpaired) electrons. The van der Waals surface area contributed by atoms with Crippen molar-refractivity contribution in [3.8, 4) is 33.4 Å². The maximum atomic E-state index is 7.10. The first kappa shape index (κ1) is 34.8. The van der Waals surface area contributed by atoms with E-state index in [1.807, 2.05) is 0 Å². The van der Waals surface area contributed by atoms with Crippen LogP contribution in [0.4, 0.5) is 17.1 Å². The van der Waals surface area contributed by atoms with E-state index in [9.17, 15) is 0 Å². The molecule has 10 aromatic carbocycles. The minimum atomic E-state index is 0.301. The largest absolute Gasteiger partial charge is 0.454 e. The molecule has 1 aromatic heterocycles. The quantitative estimate of drug-likeness (QED) is 0.161. The summed E-state index contributed by atoms with van der Waals surface area (Å²) in [5, 5.41) is 9.71. The van der Waals surface area contributed by atoms with Gasteiger partial charge in [0.1, 0.15) is 5.58 Å². The lowest BCUT2D eigenvalue weighted by Gasteiger charge is -2.28. The molecular formula is C57H41NO. The molecule has 11 aromatic rings. The van der Waals surface area contributed by atoms with E-state index < -0.39 is 0 Å². The van der Waals surface area contributed by atoms with Gasteiger partial charge >= 0.3 is 0 Å². The first-order valence-corrected chi connectivity index (χ1v) is 20.5. The first-order valence-electron chi connectivity index (χ1n) is 20.5. The Morgan fingerprint density at radius 1 is 0.373 bits per heavy atom. The molecule has 59 heavy (non-hydrogen) atoms. The molecule has 11 rings (SSSR count). The number of anilines is 3. The van der Waals surface area contributed by atoms with Crippen LogP contribution >= 0.6 is 0 Å². The molecule has 0 aliphatic heterocycles. The van der Waals surface area contributed by atoms with Gasteiger partial charge in [-0.05, 0) is 120 Å². The molecule has 0 fully saturated rings. The highest BCUT2D eigenvalue weighted by atomic mass is 16.3. The van der Waals surface area contributed by atoms with Crippen molar-refractivity contribution in [3.05, 3.63) is 212 Å². The Balaban J connectivity index is 1.04. The van der Waals surface area contributed by atoms with Gasteiger partial charge in [-0.25, -0.2) is 0 Å². The predicted molar refractivity (Wildman–Crippen MR) is 251 cm³/mol. The van der Waals surface area contributed by atoms with E-state index in [2.05, 4.69) is 225 Å². The van der Waals surface area contributed by atoms with Crippen LogP contribution in [0.2, 0.25) is 0 Å². The van der Waals surface area contributed by atoms with Gasteiger partial charge < -0.3 is 9.32 Å². The van der Waals surface area contributed by atoms with Crippen molar-refractivity contribution in [2.75, 3.05) is 4.90 Å². The maximum absolute atomic E-state index is 7.10. The van der Waals surface area contributed by atoms with Crippen LogP contribution in [0.15, 0.2) is 211 Å². The number of hydrogen-bond donors (Lipinski definition) is 0. The fourth-order valence-electron chi connectivity index (χ4n) is 8.98. The second-order valence-electron chi connectivity index (χ2n) is 15.9. The minimum Gasteiger partial charge on any atom is -0.454 e. The zero-order valence-corrected chi connectivity index (χ0v) is 33.1. The van der Waals surface area contributed by atoms with Crippen LogP contribution in [0.25, 0.3) is 87.6 Å². The Morgan fingerprint density at radius 2 is 0.915 bits per heavy atom. The molecule has 2 heteroatoms. The molecule has 0 saturated heterocycles. The lowest BCUT2D eigenvalue weighted by molar-refractivity contribution is 0.657. The Morgan fingerprint density at radius 3 is 1.64 bits per heavy atom. The number of hydrogen-bond acceptors (Lipinski definition) is 2. The molecule has 0 saturated carbocycles. The summed E-state index contributed by atoms with van der Waals surface area (Å²) in [4.78, 5) is 2.38. The van der Waals surface area contributed by atoms with Crippen molar-refractivity contribution < 1.29 is 4.42 Å². The molecule has 0 atom stereocenters.